The van der Waals surface area contributed by atoms with Crippen LogP contribution in [0.4, 0.5) is 5.69 Å². The standard InChI is InChI=1S/C16H22N2O3/c1-16(7-9-17-10-8-16)15(21)18-13-4-2-3-12(11-13)5-6-14(19)20/h2-4,11,17H,5-10H2,1H3,(H,18,21)(H,19,20). The monoisotopic (exact) mass is 290 g/mol. The van der Waals surface area contributed by atoms with Crippen LogP contribution in [0.1, 0.15) is 31.7 Å². The van der Waals surface area contributed by atoms with Crippen LogP contribution in [0.25, 0.3) is 0 Å². The fraction of sp³-hybridized carbons (Fsp3) is 0.500. The van der Waals surface area contributed by atoms with Crippen LogP contribution in [0.15, 0.2) is 24.3 Å². The van der Waals surface area contributed by atoms with Crippen LogP contribution in [0.3, 0.4) is 0 Å². The summed E-state index contributed by atoms with van der Waals surface area (Å²) in [5, 5.41) is 14.9. The van der Waals surface area contributed by atoms with E-state index in [9.17, 15) is 9.59 Å². The van der Waals surface area contributed by atoms with Crippen molar-refractivity contribution < 1.29 is 14.7 Å². The molecule has 3 N–H and O–H groups in total. The maximum atomic E-state index is 12.4. The van der Waals surface area contributed by atoms with E-state index in [1.165, 1.54) is 0 Å². The largest absolute Gasteiger partial charge is 0.481 e. The van der Waals surface area contributed by atoms with E-state index in [0.29, 0.717) is 6.42 Å². The first-order valence-corrected chi connectivity index (χ1v) is 7.32. The molecule has 1 aromatic carbocycles. The lowest BCUT2D eigenvalue weighted by Crippen LogP contribution is -2.42. The zero-order chi connectivity index (χ0) is 15.3. The van der Waals surface area contributed by atoms with Gasteiger partial charge in [0.05, 0.1) is 0 Å². The minimum Gasteiger partial charge on any atom is -0.481 e. The summed E-state index contributed by atoms with van der Waals surface area (Å²) in [5.74, 6) is -0.772. The predicted octanol–water partition coefficient (Wildman–Crippen LogP) is 2.03. The van der Waals surface area contributed by atoms with Crippen molar-refractivity contribution in [1.29, 1.82) is 0 Å². The third-order valence-corrected chi connectivity index (χ3v) is 4.07. The highest BCUT2D eigenvalue weighted by Crippen LogP contribution is 2.29. The third-order valence-electron chi connectivity index (χ3n) is 4.07. The number of carboxylic acids is 1. The molecule has 5 heteroatoms. The number of carbonyl (C=O) groups excluding carboxylic acids is 1. The highest BCUT2D eigenvalue weighted by Gasteiger charge is 2.34. The Bertz CT molecular complexity index is 522. The minimum absolute atomic E-state index is 0.0411. The average Bonchev–Trinajstić information content (AvgIpc) is 2.46. The van der Waals surface area contributed by atoms with Gasteiger partial charge in [-0.3, -0.25) is 9.59 Å². The molecule has 0 aromatic heterocycles. The molecule has 0 radical (unpaired) electrons. The van der Waals surface area contributed by atoms with Gasteiger partial charge in [0, 0.05) is 17.5 Å². The zero-order valence-corrected chi connectivity index (χ0v) is 12.3. The van der Waals surface area contributed by atoms with E-state index in [1.54, 1.807) is 0 Å². The quantitative estimate of drug-likeness (QED) is 0.775. The molecule has 5 nitrogen and oxygen atoms in total. The van der Waals surface area contributed by atoms with Gasteiger partial charge in [-0.15, -0.1) is 0 Å². The molecule has 21 heavy (non-hydrogen) atoms. The highest BCUT2D eigenvalue weighted by molar-refractivity contribution is 5.95. The smallest absolute Gasteiger partial charge is 0.303 e. The SMILES string of the molecule is CC1(C(=O)Nc2cccc(CCC(=O)O)c2)CCNCC1. The van der Waals surface area contributed by atoms with Crippen LogP contribution in [0, 0.1) is 5.41 Å². The topological polar surface area (TPSA) is 78.4 Å². The van der Waals surface area contributed by atoms with Gasteiger partial charge >= 0.3 is 5.97 Å². The molecular formula is C16H22N2O3. The van der Waals surface area contributed by atoms with Gasteiger partial charge in [-0.1, -0.05) is 19.1 Å². The molecule has 0 spiro atoms. The lowest BCUT2D eigenvalue weighted by molar-refractivity contribution is -0.137. The van der Waals surface area contributed by atoms with Gasteiger partial charge in [-0.05, 0) is 50.0 Å². The number of piperidine rings is 1. The number of anilines is 1. The molecule has 1 aromatic rings. The number of amides is 1. The van der Waals surface area contributed by atoms with Gasteiger partial charge in [0.2, 0.25) is 5.91 Å². The van der Waals surface area contributed by atoms with Crippen LogP contribution < -0.4 is 10.6 Å². The van der Waals surface area contributed by atoms with E-state index in [2.05, 4.69) is 10.6 Å². The Balaban J connectivity index is 2.00. The second kappa shape index (κ2) is 6.72. The van der Waals surface area contributed by atoms with E-state index < -0.39 is 5.97 Å². The summed E-state index contributed by atoms with van der Waals surface area (Å²) in [6.07, 6.45) is 2.23. The van der Waals surface area contributed by atoms with Crippen molar-refractivity contribution >= 4 is 17.6 Å². The third kappa shape index (κ3) is 4.29. The summed E-state index contributed by atoms with van der Waals surface area (Å²) >= 11 is 0. The van der Waals surface area contributed by atoms with Crippen LogP contribution in [0.5, 0.6) is 0 Å². The van der Waals surface area contributed by atoms with E-state index in [-0.39, 0.29) is 17.7 Å². The maximum absolute atomic E-state index is 12.4. The summed E-state index contributed by atoms with van der Waals surface area (Å²) < 4.78 is 0. The Hall–Kier alpha value is -1.88. The number of aryl methyl sites for hydroxylation is 1. The Morgan fingerprint density at radius 1 is 1.33 bits per heavy atom. The first-order chi connectivity index (χ1) is 9.99. The molecule has 1 heterocycles. The van der Waals surface area contributed by atoms with E-state index in [0.717, 1.165) is 37.2 Å². The van der Waals surface area contributed by atoms with Crippen molar-refractivity contribution in [2.24, 2.45) is 5.41 Å². The van der Waals surface area contributed by atoms with Gasteiger partial charge in [0.1, 0.15) is 0 Å². The number of hydrogen-bond acceptors (Lipinski definition) is 3. The Labute approximate surface area is 124 Å². The average molecular weight is 290 g/mol. The summed E-state index contributed by atoms with van der Waals surface area (Å²) in [6.45, 7) is 3.72. The van der Waals surface area contributed by atoms with Crippen molar-refractivity contribution in [3.8, 4) is 0 Å². The van der Waals surface area contributed by atoms with E-state index in [4.69, 9.17) is 5.11 Å². The fourth-order valence-corrected chi connectivity index (χ4v) is 2.54. The van der Waals surface area contributed by atoms with E-state index in [1.807, 2.05) is 31.2 Å². The normalized spacial score (nSPS) is 17.2. The van der Waals surface area contributed by atoms with E-state index >= 15 is 0 Å². The lowest BCUT2D eigenvalue weighted by atomic mass is 9.80. The van der Waals surface area contributed by atoms with Crippen LogP contribution >= 0.6 is 0 Å². The van der Waals surface area contributed by atoms with Crippen molar-refractivity contribution in [1.82, 2.24) is 5.32 Å². The zero-order valence-electron chi connectivity index (χ0n) is 12.3. The molecule has 0 aliphatic carbocycles. The van der Waals surface area contributed by atoms with Crippen LogP contribution in [-0.2, 0) is 16.0 Å². The Morgan fingerprint density at radius 2 is 2.05 bits per heavy atom. The number of hydrogen-bond donors (Lipinski definition) is 3. The van der Waals surface area contributed by atoms with Crippen molar-refractivity contribution in [2.75, 3.05) is 18.4 Å². The minimum atomic E-state index is -0.813. The Morgan fingerprint density at radius 3 is 2.71 bits per heavy atom. The molecule has 0 atom stereocenters. The summed E-state index contributed by atoms with van der Waals surface area (Å²) in [7, 11) is 0. The van der Waals surface area contributed by atoms with Crippen molar-refractivity contribution in [2.45, 2.75) is 32.6 Å². The number of aliphatic carboxylic acids is 1. The molecule has 0 unspecified atom stereocenters. The second-order valence-electron chi connectivity index (χ2n) is 5.86. The summed E-state index contributed by atoms with van der Waals surface area (Å²) in [6, 6.07) is 7.42. The molecule has 1 amide bonds. The molecule has 114 valence electrons. The number of carboxylic acid groups (broad SMARTS) is 1. The second-order valence-corrected chi connectivity index (χ2v) is 5.86. The van der Waals surface area contributed by atoms with Gasteiger partial charge < -0.3 is 15.7 Å². The number of carbonyl (C=O) groups is 2. The van der Waals surface area contributed by atoms with Gasteiger partial charge in [-0.25, -0.2) is 0 Å². The maximum Gasteiger partial charge on any atom is 0.303 e. The summed E-state index contributed by atoms with van der Waals surface area (Å²) in [4.78, 5) is 23.0. The first kappa shape index (κ1) is 15.5. The van der Waals surface area contributed by atoms with Crippen molar-refractivity contribution in [3.05, 3.63) is 29.8 Å². The predicted molar refractivity (Wildman–Crippen MR) is 81.2 cm³/mol. The van der Waals surface area contributed by atoms with Crippen LogP contribution in [-0.4, -0.2) is 30.1 Å². The molecule has 1 fully saturated rings. The summed E-state index contributed by atoms with van der Waals surface area (Å²) in [5.41, 5.74) is 1.33. The molecular weight excluding hydrogens is 268 g/mol. The molecule has 1 aliphatic heterocycles. The molecule has 1 aliphatic rings. The Kier molecular flexibility index (Phi) is 4.96. The van der Waals surface area contributed by atoms with Gasteiger partial charge in [0.25, 0.3) is 0 Å². The highest BCUT2D eigenvalue weighted by atomic mass is 16.4. The fourth-order valence-electron chi connectivity index (χ4n) is 2.54. The van der Waals surface area contributed by atoms with Gasteiger partial charge in [0.15, 0.2) is 0 Å². The van der Waals surface area contributed by atoms with Crippen LogP contribution in [0.2, 0.25) is 0 Å². The molecule has 0 saturated carbocycles. The van der Waals surface area contributed by atoms with Crippen molar-refractivity contribution in [3.63, 3.8) is 0 Å². The number of benzene rings is 1. The molecule has 0 bridgehead atoms. The molecule has 1 saturated heterocycles. The van der Waals surface area contributed by atoms with Gasteiger partial charge in [-0.2, -0.15) is 0 Å². The number of nitrogens with one attached hydrogen (secondary N) is 2. The molecule has 2 rings (SSSR count). The number of rotatable bonds is 5. The first-order valence-electron chi connectivity index (χ1n) is 7.32. The lowest BCUT2D eigenvalue weighted by Gasteiger charge is -2.32.